The molecule has 1 heterocycles. The minimum absolute atomic E-state index is 0.0121. The smallest absolute Gasteiger partial charge is 0.330 e. The molecule has 30 heavy (non-hydrogen) atoms. The Morgan fingerprint density at radius 2 is 1.70 bits per heavy atom. The number of methoxy groups -OCH3 is 1. The summed E-state index contributed by atoms with van der Waals surface area (Å²) >= 11 is 0. The molecular weight excluding hydrogens is 384 g/mol. The van der Waals surface area contributed by atoms with Crippen LogP contribution >= 0.6 is 0 Å². The van der Waals surface area contributed by atoms with Gasteiger partial charge in [-0.1, -0.05) is 45.0 Å². The summed E-state index contributed by atoms with van der Waals surface area (Å²) < 4.78 is 6.14. The topological polar surface area (TPSA) is 86.6 Å². The normalized spacial score (nSPS) is 11.2. The van der Waals surface area contributed by atoms with Crippen molar-refractivity contribution in [2.45, 2.75) is 33.1 Å². The zero-order valence-electron chi connectivity index (χ0n) is 17.6. The second-order valence-electron chi connectivity index (χ2n) is 7.92. The summed E-state index contributed by atoms with van der Waals surface area (Å²) in [6.45, 7) is 7.45. The first-order chi connectivity index (χ1) is 14.1. The van der Waals surface area contributed by atoms with Crippen molar-refractivity contribution >= 4 is 28.5 Å². The highest BCUT2D eigenvalue weighted by Crippen LogP contribution is 2.26. The second-order valence-corrected chi connectivity index (χ2v) is 7.92. The molecule has 0 unspecified atom stereocenters. The first-order valence-corrected chi connectivity index (χ1v) is 9.45. The summed E-state index contributed by atoms with van der Waals surface area (Å²) in [5, 5.41) is 3.19. The first kappa shape index (κ1) is 21.1. The van der Waals surface area contributed by atoms with Gasteiger partial charge in [-0.2, -0.15) is 0 Å². The third-order valence-corrected chi connectivity index (χ3v) is 4.65. The zero-order chi connectivity index (χ0) is 22.1. The molecule has 3 aromatic rings. The Bertz CT molecular complexity index is 1170. The molecule has 2 aromatic carbocycles. The number of carbonyl (C=O) groups excluding carboxylic acids is 2. The molecule has 0 aliphatic heterocycles. The van der Waals surface area contributed by atoms with E-state index < -0.39 is 17.4 Å². The van der Waals surface area contributed by atoms with Gasteiger partial charge in [-0.3, -0.25) is 9.59 Å². The molecular formula is C23H24N2O5. The Hall–Kier alpha value is -3.61. The van der Waals surface area contributed by atoms with Gasteiger partial charge in [0, 0.05) is 17.9 Å². The van der Waals surface area contributed by atoms with Gasteiger partial charge in [-0.15, -0.1) is 4.73 Å². The van der Waals surface area contributed by atoms with Crippen LogP contribution in [0.1, 0.15) is 43.6 Å². The van der Waals surface area contributed by atoms with Crippen LogP contribution in [0, 0.1) is 0 Å². The standard InChI is InChI=1S/C23H24N2O5/c1-14(26)30-25-20-16(7-6-8-19(20)29-5)13-18(22(25)28)24-21(27)15-9-11-17(12-10-15)23(2,3)4/h6-13H,1-5H3,(H,24,27). The summed E-state index contributed by atoms with van der Waals surface area (Å²) in [4.78, 5) is 42.4. The molecule has 156 valence electrons. The predicted octanol–water partition coefficient (Wildman–Crippen LogP) is 3.54. The number of ether oxygens (including phenoxy) is 1. The van der Waals surface area contributed by atoms with E-state index in [1.807, 2.05) is 12.1 Å². The lowest BCUT2D eigenvalue weighted by molar-refractivity contribution is -0.141. The molecule has 1 aromatic heterocycles. The number of fused-ring (bicyclic) bond motifs is 1. The molecule has 0 saturated heterocycles. The van der Waals surface area contributed by atoms with Crippen molar-refractivity contribution in [1.29, 1.82) is 0 Å². The summed E-state index contributed by atoms with van der Waals surface area (Å²) in [6.07, 6.45) is 0. The molecule has 7 heteroatoms. The van der Waals surface area contributed by atoms with Crippen molar-refractivity contribution in [1.82, 2.24) is 4.73 Å². The van der Waals surface area contributed by atoms with E-state index in [2.05, 4.69) is 26.1 Å². The number of nitrogens with zero attached hydrogens (tertiary/aromatic N) is 1. The molecule has 1 N–H and O–H groups in total. The third kappa shape index (κ3) is 4.20. The highest BCUT2D eigenvalue weighted by Gasteiger charge is 2.18. The summed E-state index contributed by atoms with van der Waals surface area (Å²) in [7, 11) is 1.45. The third-order valence-electron chi connectivity index (χ3n) is 4.65. The van der Waals surface area contributed by atoms with Crippen LogP contribution in [0.5, 0.6) is 5.75 Å². The number of pyridine rings is 1. The molecule has 0 spiro atoms. The SMILES string of the molecule is COc1cccc2cc(NC(=O)c3ccc(C(C)(C)C)cc3)c(=O)n(OC(C)=O)c12. The van der Waals surface area contributed by atoms with Crippen molar-refractivity contribution in [2.24, 2.45) is 0 Å². The van der Waals surface area contributed by atoms with Crippen molar-refractivity contribution < 1.29 is 19.2 Å². The lowest BCUT2D eigenvalue weighted by Crippen LogP contribution is -2.32. The van der Waals surface area contributed by atoms with Crippen molar-refractivity contribution in [3.63, 3.8) is 0 Å². The Kier molecular flexibility index (Phi) is 5.64. The summed E-state index contributed by atoms with van der Waals surface area (Å²) in [6, 6.07) is 13.8. The molecule has 0 radical (unpaired) electrons. The fraction of sp³-hybridized carbons (Fsp3) is 0.261. The highest BCUT2D eigenvalue weighted by molar-refractivity contribution is 6.05. The summed E-state index contributed by atoms with van der Waals surface area (Å²) in [5.41, 5.74) is 1.07. The van der Waals surface area contributed by atoms with Gasteiger partial charge in [0.15, 0.2) is 0 Å². The first-order valence-electron chi connectivity index (χ1n) is 9.45. The lowest BCUT2D eigenvalue weighted by Gasteiger charge is -2.19. The van der Waals surface area contributed by atoms with Gasteiger partial charge >= 0.3 is 11.5 Å². The monoisotopic (exact) mass is 408 g/mol. The minimum Gasteiger partial charge on any atom is -0.494 e. The van der Waals surface area contributed by atoms with Crippen LogP contribution in [-0.4, -0.2) is 23.7 Å². The van der Waals surface area contributed by atoms with Crippen LogP contribution in [0.15, 0.2) is 53.3 Å². The highest BCUT2D eigenvalue weighted by atomic mass is 16.7. The molecule has 1 amide bonds. The molecule has 0 fully saturated rings. The van der Waals surface area contributed by atoms with Crippen LogP contribution < -0.4 is 20.5 Å². The number of anilines is 1. The molecule has 0 aliphatic rings. The zero-order valence-corrected chi connectivity index (χ0v) is 17.6. The molecule has 0 saturated carbocycles. The number of benzene rings is 2. The maximum atomic E-state index is 13.0. The maximum absolute atomic E-state index is 13.0. The number of hydrogen-bond donors (Lipinski definition) is 1. The number of carbonyl (C=O) groups is 2. The van der Waals surface area contributed by atoms with E-state index in [1.165, 1.54) is 20.1 Å². The Morgan fingerprint density at radius 3 is 2.27 bits per heavy atom. The average molecular weight is 408 g/mol. The van der Waals surface area contributed by atoms with E-state index in [0.717, 1.165) is 10.3 Å². The van der Waals surface area contributed by atoms with Crippen LogP contribution in [0.4, 0.5) is 5.69 Å². The van der Waals surface area contributed by atoms with E-state index in [4.69, 9.17) is 9.57 Å². The van der Waals surface area contributed by atoms with Crippen LogP contribution in [0.3, 0.4) is 0 Å². The quantitative estimate of drug-likeness (QED) is 0.714. The van der Waals surface area contributed by atoms with E-state index >= 15 is 0 Å². The molecule has 0 bridgehead atoms. The largest absolute Gasteiger partial charge is 0.494 e. The van der Waals surface area contributed by atoms with E-state index in [0.29, 0.717) is 22.2 Å². The Balaban J connectivity index is 2.04. The minimum atomic E-state index is -0.679. The molecule has 3 rings (SSSR count). The number of hydrogen-bond acceptors (Lipinski definition) is 5. The average Bonchev–Trinajstić information content (AvgIpc) is 2.69. The van der Waals surface area contributed by atoms with Crippen LogP contribution in [-0.2, 0) is 10.2 Å². The summed E-state index contributed by atoms with van der Waals surface area (Å²) in [5.74, 6) is -0.753. The fourth-order valence-electron chi connectivity index (χ4n) is 3.09. The number of aromatic nitrogens is 1. The van der Waals surface area contributed by atoms with E-state index in [1.54, 1.807) is 30.3 Å². The van der Waals surface area contributed by atoms with Gasteiger partial charge in [0.1, 0.15) is 17.0 Å². The van der Waals surface area contributed by atoms with Crippen LogP contribution in [0.2, 0.25) is 0 Å². The number of para-hydroxylation sites is 1. The van der Waals surface area contributed by atoms with Gasteiger partial charge in [-0.05, 0) is 35.2 Å². The molecule has 0 aliphatic carbocycles. The van der Waals surface area contributed by atoms with Gasteiger partial charge in [0.2, 0.25) is 0 Å². The number of rotatable bonds is 4. The maximum Gasteiger partial charge on any atom is 0.330 e. The van der Waals surface area contributed by atoms with E-state index in [9.17, 15) is 14.4 Å². The molecule has 0 atom stereocenters. The van der Waals surface area contributed by atoms with Gasteiger partial charge in [0.25, 0.3) is 5.91 Å². The Labute approximate surface area is 174 Å². The van der Waals surface area contributed by atoms with Crippen LogP contribution in [0.25, 0.3) is 10.9 Å². The number of amides is 1. The lowest BCUT2D eigenvalue weighted by atomic mass is 9.87. The van der Waals surface area contributed by atoms with Gasteiger partial charge in [0.05, 0.1) is 7.11 Å². The van der Waals surface area contributed by atoms with Gasteiger partial charge < -0.3 is 14.9 Å². The molecule has 7 nitrogen and oxygen atoms in total. The van der Waals surface area contributed by atoms with Gasteiger partial charge in [-0.25, -0.2) is 4.79 Å². The second kappa shape index (κ2) is 8.02. The Morgan fingerprint density at radius 1 is 1.03 bits per heavy atom. The fourth-order valence-corrected chi connectivity index (χ4v) is 3.09. The number of nitrogens with one attached hydrogen (secondary N) is 1. The predicted molar refractivity (Wildman–Crippen MR) is 115 cm³/mol. The van der Waals surface area contributed by atoms with Crippen molar-refractivity contribution in [3.8, 4) is 5.75 Å². The van der Waals surface area contributed by atoms with E-state index in [-0.39, 0.29) is 11.1 Å². The van der Waals surface area contributed by atoms with Crippen molar-refractivity contribution in [3.05, 3.63) is 70.0 Å². The van der Waals surface area contributed by atoms with Crippen molar-refractivity contribution in [2.75, 3.05) is 12.4 Å².